The summed E-state index contributed by atoms with van der Waals surface area (Å²) in [6.45, 7) is 2.50. The highest BCUT2D eigenvalue weighted by molar-refractivity contribution is 7.80. The third-order valence-electron chi connectivity index (χ3n) is 3.50. The summed E-state index contributed by atoms with van der Waals surface area (Å²) in [6.07, 6.45) is 1.61. The molecule has 0 saturated heterocycles. The lowest BCUT2D eigenvalue weighted by molar-refractivity contribution is 0.687. The molecule has 0 saturated carbocycles. The van der Waals surface area contributed by atoms with Gasteiger partial charge in [-0.15, -0.1) is 5.10 Å². The first kappa shape index (κ1) is 17.7. The zero-order chi connectivity index (χ0) is 17.8. The molecule has 2 aromatic carbocycles. The maximum absolute atomic E-state index is 6.18. The zero-order valence-electron chi connectivity index (χ0n) is 13.3. The first-order chi connectivity index (χ1) is 12.0. The fourth-order valence-corrected chi connectivity index (χ4v) is 2.89. The van der Waals surface area contributed by atoms with Crippen LogP contribution in [0, 0.1) is 6.92 Å². The Bertz CT molecular complexity index is 910. The van der Waals surface area contributed by atoms with Crippen LogP contribution in [0.2, 0.25) is 10.0 Å². The summed E-state index contributed by atoms with van der Waals surface area (Å²) in [5, 5.41) is 12.1. The number of halogens is 2. The fraction of sp³-hybridized carbons (Fsp3) is 0.118. The molecule has 0 aliphatic carbocycles. The van der Waals surface area contributed by atoms with Crippen LogP contribution in [0.25, 0.3) is 0 Å². The molecule has 25 heavy (non-hydrogen) atoms. The number of anilines is 2. The van der Waals surface area contributed by atoms with Crippen molar-refractivity contribution in [1.29, 1.82) is 0 Å². The highest BCUT2D eigenvalue weighted by Crippen LogP contribution is 2.21. The van der Waals surface area contributed by atoms with Crippen molar-refractivity contribution in [3.05, 3.63) is 70.0 Å². The number of nitrogens with one attached hydrogen (secondary N) is 2. The molecule has 0 bridgehead atoms. The molecule has 0 aliphatic rings. The van der Waals surface area contributed by atoms with E-state index in [0.29, 0.717) is 27.7 Å². The quantitative estimate of drug-likeness (QED) is 0.628. The molecule has 3 aromatic rings. The average molecular weight is 392 g/mol. The standard InChI is InChI=1S/C17H15Cl2N5S/c1-11-4-2-3-5-15(11)21-17(25)22-16-20-10-24(23-16)9-12-6-7-13(18)8-14(12)19/h2-8,10H,9H2,1H3,(H2,21,22,23,25). The van der Waals surface area contributed by atoms with E-state index in [9.17, 15) is 0 Å². The van der Waals surface area contributed by atoms with Crippen molar-refractivity contribution in [1.82, 2.24) is 14.8 Å². The maximum atomic E-state index is 6.18. The van der Waals surface area contributed by atoms with Crippen molar-refractivity contribution in [2.24, 2.45) is 0 Å². The van der Waals surface area contributed by atoms with E-state index in [1.165, 1.54) is 0 Å². The normalized spacial score (nSPS) is 10.5. The number of thiocarbonyl (C=S) groups is 1. The molecule has 3 rings (SSSR count). The highest BCUT2D eigenvalue weighted by atomic mass is 35.5. The topological polar surface area (TPSA) is 54.8 Å². The molecule has 5 nitrogen and oxygen atoms in total. The Morgan fingerprint density at radius 3 is 2.72 bits per heavy atom. The van der Waals surface area contributed by atoms with E-state index in [0.717, 1.165) is 16.8 Å². The average Bonchev–Trinajstić information content (AvgIpc) is 2.99. The first-order valence-electron chi connectivity index (χ1n) is 7.48. The molecule has 128 valence electrons. The molecule has 0 aliphatic heterocycles. The predicted octanol–water partition coefficient (Wildman–Crippen LogP) is 4.75. The van der Waals surface area contributed by atoms with Crippen LogP contribution in [-0.4, -0.2) is 19.9 Å². The van der Waals surface area contributed by atoms with Crippen LogP contribution in [0.4, 0.5) is 11.6 Å². The van der Waals surface area contributed by atoms with Crippen LogP contribution < -0.4 is 10.6 Å². The third-order valence-corrected chi connectivity index (χ3v) is 4.29. The number of hydrogen-bond donors (Lipinski definition) is 2. The molecule has 0 radical (unpaired) electrons. The summed E-state index contributed by atoms with van der Waals surface area (Å²) in [4.78, 5) is 4.21. The van der Waals surface area contributed by atoms with E-state index in [2.05, 4.69) is 20.7 Å². The van der Waals surface area contributed by atoms with Crippen molar-refractivity contribution >= 4 is 52.2 Å². The minimum absolute atomic E-state index is 0.413. The summed E-state index contributed by atoms with van der Waals surface area (Å²) in [6, 6.07) is 13.2. The number of benzene rings is 2. The maximum Gasteiger partial charge on any atom is 0.248 e. The van der Waals surface area contributed by atoms with Gasteiger partial charge in [-0.3, -0.25) is 5.32 Å². The van der Waals surface area contributed by atoms with Gasteiger partial charge >= 0.3 is 0 Å². The van der Waals surface area contributed by atoms with Gasteiger partial charge in [0.1, 0.15) is 6.33 Å². The molecule has 0 atom stereocenters. The van der Waals surface area contributed by atoms with E-state index in [1.807, 2.05) is 37.3 Å². The van der Waals surface area contributed by atoms with Crippen molar-refractivity contribution < 1.29 is 0 Å². The third kappa shape index (κ3) is 4.69. The van der Waals surface area contributed by atoms with Crippen molar-refractivity contribution in [3.63, 3.8) is 0 Å². The van der Waals surface area contributed by atoms with Crippen molar-refractivity contribution in [2.75, 3.05) is 10.6 Å². The van der Waals surface area contributed by atoms with Gasteiger partial charge in [0.05, 0.1) is 6.54 Å². The Kier molecular flexibility index (Phi) is 5.53. The number of hydrogen-bond acceptors (Lipinski definition) is 3. The monoisotopic (exact) mass is 391 g/mol. The van der Waals surface area contributed by atoms with Crippen LogP contribution in [0.1, 0.15) is 11.1 Å². The smallest absolute Gasteiger partial charge is 0.248 e. The van der Waals surface area contributed by atoms with E-state index in [4.69, 9.17) is 35.4 Å². The van der Waals surface area contributed by atoms with Gasteiger partial charge in [0.25, 0.3) is 0 Å². The molecule has 1 aromatic heterocycles. The van der Waals surface area contributed by atoms with Crippen LogP contribution >= 0.6 is 35.4 Å². The van der Waals surface area contributed by atoms with Crippen molar-refractivity contribution in [3.8, 4) is 0 Å². The number of aromatic nitrogens is 3. The fourth-order valence-electron chi connectivity index (χ4n) is 2.22. The highest BCUT2D eigenvalue weighted by Gasteiger charge is 2.07. The van der Waals surface area contributed by atoms with Crippen molar-refractivity contribution in [2.45, 2.75) is 13.5 Å². The molecule has 0 unspecified atom stereocenters. The lowest BCUT2D eigenvalue weighted by Crippen LogP contribution is -2.20. The van der Waals surface area contributed by atoms with Gasteiger partial charge < -0.3 is 5.32 Å². The number of nitrogens with zero attached hydrogens (tertiary/aromatic N) is 3. The second-order valence-corrected chi connectivity index (χ2v) is 6.65. The molecule has 0 spiro atoms. The summed E-state index contributed by atoms with van der Waals surface area (Å²) >= 11 is 17.4. The van der Waals surface area contributed by atoms with Crippen LogP contribution in [0.3, 0.4) is 0 Å². The molecule has 0 fully saturated rings. The number of aryl methyl sites for hydroxylation is 1. The minimum atomic E-state index is 0.413. The largest absolute Gasteiger partial charge is 0.332 e. The Morgan fingerprint density at radius 1 is 1.16 bits per heavy atom. The Morgan fingerprint density at radius 2 is 1.96 bits per heavy atom. The van der Waals surface area contributed by atoms with Crippen LogP contribution in [-0.2, 0) is 6.54 Å². The van der Waals surface area contributed by atoms with Gasteiger partial charge in [-0.1, -0.05) is 47.5 Å². The van der Waals surface area contributed by atoms with Gasteiger partial charge in [0.15, 0.2) is 5.11 Å². The van der Waals surface area contributed by atoms with E-state index < -0.39 is 0 Å². The lowest BCUT2D eigenvalue weighted by atomic mass is 10.2. The van der Waals surface area contributed by atoms with E-state index in [-0.39, 0.29) is 0 Å². The van der Waals surface area contributed by atoms with E-state index >= 15 is 0 Å². The summed E-state index contributed by atoms with van der Waals surface area (Å²) in [5.41, 5.74) is 2.94. The lowest BCUT2D eigenvalue weighted by Gasteiger charge is -2.10. The van der Waals surface area contributed by atoms with Crippen LogP contribution in [0.5, 0.6) is 0 Å². The molecule has 2 N–H and O–H groups in total. The van der Waals surface area contributed by atoms with Gasteiger partial charge in [0, 0.05) is 15.7 Å². The SMILES string of the molecule is Cc1ccccc1NC(=S)Nc1ncn(Cc2ccc(Cl)cc2Cl)n1. The Hall–Kier alpha value is -2.15. The Labute approximate surface area is 161 Å². The zero-order valence-corrected chi connectivity index (χ0v) is 15.7. The van der Waals surface area contributed by atoms with Gasteiger partial charge in [0.2, 0.25) is 5.95 Å². The minimum Gasteiger partial charge on any atom is -0.332 e. The number of rotatable bonds is 4. The summed E-state index contributed by atoms with van der Waals surface area (Å²) in [7, 11) is 0. The molecule has 0 amide bonds. The van der Waals surface area contributed by atoms with Gasteiger partial charge in [-0.05, 0) is 48.5 Å². The van der Waals surface area contributed by atoms with Gasteiger partial charge in [-0.2, -0.15) is 0 Å². The molecule has 1 heterocycles. The van der Waals surface area contributed by atoms with Crippen LogP contribution in [0.15, 0.2) is 48.8 Å². The predicted molar refractivity (Wildman–Crippen MR) is 107 cm³/mol. The first-order valence-corrected chi connectivity index (χ1v) is 8.65. The summed E-state index contributed by atoms with van der Waals surface area (Å²) in [5.74, 6) is 0.413. The van der Waals surface area contributed by atoms with Gasteiger partial charge in [-0.25, -0.2) is 9.67 Å². The second-order valence-electron chi connectivity index (χ2n) is 5.40. The molecular formula is C17H15Cl2N5S. The Balaban J connectivity index is 1.63. The molecule has 8 heteroatoms. The van der Waals surface area contributed by atoms with E-state index in [1.54, 1.807) is 23.1 Å². The second kappa shape index (κ2) is 7.82. The number of para-hydroxylation sites is 1. The summed E-state index contributed by atoms with van der Waals surface area (Å²) < 4.78 is 1.67. The molecular weight excluding hydrogens is 377 g/mol.